The number of nitriles is 1. The smallest absolute Gasteiger partial charge is 0.249 e. The first-order valence-corrected chi connectivity index (χ1v) is 10.7. The summed E-state index contributed by atoms with van der Waals surface area (Å²) in [5.74, 6) is 1.69. The monoisotopic (exact) mass is 410 g/mol. The molecule has 0 aliphatic heterocycles. The van der Waals surface area contributed by atoms with E-state index in [1.165, 1.54) is 22.3 Å². The summed E-state index contributed by atoms with van der Waals surface area (Å²) < 4.78 is 11.0. The SMILES string of the molecule is CCCOc1ccc(/C=C/C(=O)Nc2sc3c(c2C#N)CCC(C)C3)cc1OC. The van der Waals surface area contributed by atoms with Gasteiger partial charge in [0, 0.05) is 11.0 Å². The molecule has 5 nitrogen and oxygen atoms in total. The number of fused-ring (bicyclic) bond motifs is 1. The number of carbonyl (C=O) groups is 1. The van der Waals surface area contributed by atoms with Crippen LogP contribution in [0.25, 0.3) is 6.08 Å². The second kappa shape index (κ2) is 9.62. The average molecular weight is 411 g/mol. The predicted molar refractivity (Wildman–Crippen MR) is 117 cm³/mol. The number of nitrogens with zero attached hydrogens (tertiary/aromatic N) is 1. The van der Waals surface area contributed by atoms with E-state index in [2.05, 4.69) is 18.3 Å². The molecule has 0 radical (unpaired) electrons. The second-order valence-electron chi connectivity index (χ2n) is 7.25. The fourth-order valence-electron chi connectivity index (χ4n) is 3.40. The van der Waals surface area contributed by atoms with Crippen LogP contribution in [-0.2, 0) is 17.6 Å². The normalized spacial score (nSPS) is 15.6. The highest BCUT2D eigenvalue weighted by Gasteiger charge is 2.24. The number of thiophene rings is 1. The van der Waals surface area contributed by atoms with E-state index in [1.807, 2.05) is 25.1 Å². The lowest BCUT2D eigenvalue weighted by molar-refractivity contribution is -0.111. The van der Waals surface area contributed by atoms with Crippen molar-refractivity contribution in [2.24, 2.45) is 5.92 Å². The van der Waals surface area contributed by atoms with Gasteiger partial charge in [-0.2, -0.15) is 5.26 Å². The quantitative estimate of drug-likeness (QED) is 0.637. The molecule has 1 unspecified atom stereocenters. The summed E-state index contributed by atoms with van der Waals surface area (Å²) in [5, 5.41) is 13.1. The van der Waals surface area contributed by atoms with Gasteiger partial charge in [0.1, 0.15) is 11.1 Å². The molecule has 1 atom stereocenters. The van der Waals surface area contributed by atoms with Crippen LogP contribution in [0.4, 0.5) is 5.00 Å². The molecule has 29 heavy (non-hydrogen) atoms. The molecule has 1 aromatic heterocycles. The summed E-state index contributed by atoms with van der Waals surface area (Å²) in [6.07, 6.45) is 7.10. The zero-order valence-corrected chi connectivity index (χ0v) is 17.9. The minimum Gasteiger partial charge on any atom is -0.493 e. The maximum Gasteiger partial charge on any atom is 0.249 e. The summed E-state index contributed by atoms with van der Waals surface area (Å²) >= 11 is 1.53. The van der Waals surface area contributed by atoms with Crippen LogP contribution in [0.1, 0.15) is 48.3 Å². The van der Waals surface area contributed by atoms with Crippen LogP contribution in [0.3, 0.4) is 0 Å². The van der Waals surface area contributed by atoms with Crippen molar-refractivity contribution in [1.29, 1.82) is 5.26 Å². The van der Waals surface area contributed by atoms with Crippen molar-refractivity contribution in [3.05, 3.63) is 45.8 Å². The van der Waals surface area contributed by atoms with Crippen molar-refractivity contribution in [2.45, 2.75) is 39.5 Å². The summed E-state index contributed by atoms with van der Waals surface area (Å²) in [6, 6.07) is 7.83. The van der Waals surface area contributed by atoms with Gasteiger partial charge in [0.2, 0.25) is 5.91 Å². The Morgan fingerprint density at radius 3 is 2.97 bits per heavy atom. The molecule has 0 bridgehead atoms. The number of ether oxygens (including phenoxy) is 2. The van der Waals surface area contributed by atoms with Gasteiger partial charge in [-0.25, -0.2) is 0 Å². The van der Waals surface area contributed by atoms with E-state index in [-0.39, 0.29) is 5.91 Å². The van der Waals surface area contributed by atoms with Crippen molar-refractivity contribution in [2.75, 3.05) is 19.0 Å². The predicted octanol–water partition coefficient (Wildman–Crippen LogP) is 5.19. The highest BCUT2D eigenvalue weighted by Crippen LogP contribution is 2.39. The van der Waals surface area contributed by atoms with E-state index in [0.717, 1.165) is 36.8 Å². The number of rotatable bonds is 7. The number of carbonyl (C=O) groups excluding carboxylic acids is 1. The van der Waals surface area contributed by atoms with Gasteiger partial charge in [-0.3, -0.25) is 4.79 Å². The molecule has 1 aliphatic rings. The summed E-state index contributed by atoms with van der Waals surface area (Å²) in [5.41, 5.74) is 2.57. The maximum atomic E-state index is 12.4. The van der Waals surface area contributed by atoms with Crippen molar-refractivity contribution < 1.29 is 14.3 Å². The van der Waals surface area contributed by atoms with Crippen LogP contribution in [0.2, 0.25) is 0 Å². The van der Waals surface area contributed by atoms with Crippen LogP contribution in [-0.4, -0.2) is 19.6 Å². The Balaban J connectivity index is 1.71. The van der Waals surface area contributed by atoms with Gasteiger partial charge in [0.05, 0.1) is 19.3 Å². The minimum atomic E-state index is -0.251. The lowest BCUT2D eigenvalue weighted by atomic mass is 9.89. The molecular weight excluding hydrogens is 384 g/mol. The third-order valence-corrected chi connectivity index (χ3v) is 6.11. The molecule has 6 heteroatoms. The Hall–Kier alpha value is -2.78. The highest BCUT2D eigenvalue weighted by atomic mass is 32.1. The van der Waals surface area contributed by atoms with Gasteiger partial charge in [-0.1, -0.05) is 19.9 Å². The third kappa shape index (κ3) is 4.99. The Kier molecular flexibility index (Phi) is 6.95. The van der Waals surface area contributed by atoms with E-state index in [4.69, 9.17) is 9.47 Å². The molecule has 1 aromatic carbocycles. The summed E-state index contributed by atoms with van der Waals surface area (Å²) in [4.78, 5) is 13.7. The van der Waals surface area contributed by atoms with E-state index in [9.17, 15) is 10.1 Å². The second-order valence-corrected chi connectivity index (χ2v) is 8.35. The molecule has 0 spiro atoms. The molecule has 1 amide bonds. The van der Waals surface area contributed by atoms with Gasteiger partial charge < -0.3 is 14.8 Å². The largest absolute Gasteiger partial charge is 0.493 e. The van der Waals surface area contributed by atoms with Gasteiger partial charge in [0.15, 0.2) is 11.5 Å². The van der Waals surface area contributed by atoms with Crippen LogP contribution < -0.4 is 14.8 Å². The van der Waals surface area contributed by atoms with E-state index in [0.29, 0.717) is 34.6 Å². The molecular formula is C23H26N2O3S. The van der Waals surface area contributed by atoms with Crippen molar-refractivity contribution in [3.63, 3.8) is 0 Å². The lowest BCUT2D eigenvalue weighted by Crippen LogP contribution is -2.10. The molecule has 1 heterocycles. The van der Waals surface area contributed by atoms with Crippen LogP contribution >= 0.6 is 11.3 Å². The van der Waals surface area contributed by atoms with Crippen molar-refractivity contribution >= 4 is 28.3 Å². The van der Waals surface area contributed by atoms with E-state index in [1.54, 1.807) is 13.2 Å². The fraction of sp³-hybridized carbons (Fsp3) is 0.391. The molecule has 152 valence electrons. The Labute approximate surface area is 176 Å². The molecule has 0 saturated heterocycles. The highest BCUT2D eigenvalue weighted by molar-refractivity contribution is 7.16. The third-order valence-electron chi connectivity index (χ3n) is 4.94. The van der Waals surface area contributed by atoms with E-state index >= 15 is 0 Å². The first-order chi connectivity index (χ1) is 14.0. The summed E-state index contributed by atoms with van der Waals surface area (Å²) in [6.45, 7) is 4.89. The lowest BCUT2D eigenvalue weighted by Gasteiger charge is -2.17. The molecule has 1 N–H and O–H groups in total. The number of benzene rings is 1. The van der Waals surface area contributed by atoms with Gasteiger partial charge in [0.25, 0.3) is 0 Å². The topological polar surface area (TPSA) is 71.3 Å². The Morgan fingerprint density at radius 1 is 1.41 bits per heavy atom. The number of methoxy groups -OCH3 is 1. The molecule has 1 aliphatic carbocycles. The fourth-order valence-corrected chi connectivity index (χ4v) is 4.77. The minimum absolute atomic E-state index is 0.251. The Morgan fingerprint density at radius 2 is 2.24 bits per heavy atom. The maximum absolute atomic E-state index is 12.4. The zero-order chi connectivity index (χ0) is 20.8. The number of nitrogens with one attached hydrogen (secondary N) is 1. The number of hydrogen-bond acceptors (Lipinski definition) is 5. The van der Waals surface area contributed by atoms with Gasteiger partial charge >= 0.3 is 0 Å². The van der Waals surface area contributed by atoms with Gasteiger partial charge in [-0.05, 0) is 60.9 Å². The van der Waals surface area contributed by atoms with Crippen molar-refractivity contribution in [1.82, 2.24) is 0 Å². The average Bonchev–Trinajstić information content (AvgIpc) is 3.06. The zero-order valence-electron chi connectivity index (χ0n) is 17.1. The standard InChI is InChI=1S/C23H26N2O3S/c1-4-11-28-19-9-6-16(13-20(19)27-3)7-10-22(26)25-23-18(14-24)17-8-5-15(2)12-21(17)29-23/h6-7,9-10,13,15H,4-5,8,11-12H2,1-3H3,(H,25,26)/b10-7+. The van der Waals surface area contributed by atoms with Crippen molar-refractivity contribution in [3.8, 4) is 17.6 Å². The van der Waals surface area contributed by atoms with Crippen LogP contribution in [0.5, 0.6) is 11.5 Å². The number of anilines is 1. The summed E-state index contributed by atoms with van der Waals surface area (Å²) in [7, 11) is 1.59. The van der Waals surface area contributed by atoms with Crippen LogP contribution in [0, 0.1) is 17.2 Å². The molecule has 2 aromatic rings. The van der Waals surface area contributed by atoms with E-state index < -0.39 is 0 Å². The molecule has 3 rings (SSSR count). The van der Waals surface area contributed by atoms with Crippen LogP contribution in [0.15, 0.2) is 24.3 Å². The number of hydrogen-bond donors (Lipinski definition) is 1. The molecule has 0 saturated carbocycles. The van der Waals surface area contributed by atoms with Gasteiger partial charge in [-0.15, -0.1) is 11.3 Å². The first kappa shape index (κ1) is 20.9. The Bertz CT molecular complexity index is 956. The number of amides is 1. The first-order valence-electron chi connectivity index (χ1n) is 9.90. The molecule has 0 fully saturated rings.